The normalized spacial score (nSPS) is 19.4. The fourth-order valence-electron chi connectivity index (χ4n) is 3.96. The van der Waals surface area contributed by atoms with Crippen molar-refractivity contribution in [2.75, 3.05) is 43.1 Å². The number of benzene rings is 1. The number of primary amides is 1. The minimum atomic E-state index is -0.674. The number of hydrogen-bond donors (Lipinski definition) is 2. The molecule has 0 spiro atoms. The van der Waals surface area contributed by atoms with Crippen LogP contribution in [0.25, 0.3) is 0 Å². The highest BCUT2D eigenvalue weighted by Gasteiger charge is 2.34. The molecule has 1 aromatic heterocycles. The molecule has 0 bridgehead atoms. The van der Waals surface area contributed by atoms with Gasteiger partial charge in [0.25, 0.3) is 5.91 Å². The van der Waals surface area contributed by atoms with Crippen LogP contribution in [-0.4, -0.2) is 66.7 Å². The summed E-state index contributed by atoms with van der Waals surface area (Å²) in [6.45, 7) is 4.40. The number of carbonyl (C=O) groups excluding carboxylic acids is 2. The van der Waals surface area contributed by atoms with E-state index in [4.69, 9.17) is 5.73 Å². The highest BCUT2D eigenvalue weighted by Crippen LogP contribution is 2.24. The van der Waals surface area contributed by atoms with E-state index in [1.165, 1.54) is 5.01 Å². The number of nitrogens with two attached hydrogens (primary N) is 1. The second-order valence-corrected chi connectivity index (χ2v) is 8.20. The standard InChI is InChI=1S/C23H29N7O2/c1-28-10-5-11-29(13-12-28)21-9-8-17(15-25-21)16-26-23(32)19-14-20(22(24)31)30(27-19)18-6-3-2-4-7-18/h2-4,6-9,15,20H,5,10-14,16H2,1H3,(H2,24,31)(H,26,32)/t20-/m0/s1. The molecule has 2 aromatic rings. The van der Waals surface area contributed by atoms with Crippen LogP contribution in [0.15, 0.2) is 53.8 Å². The topological polar surface area (TPSA) is 107 Å². The van der Waals surface area contributed by atoms with E-state index >= 15 is 0 Å². The lowest BCUT2D eigenvalue weighted by atomic mass is 10.1. The predicted octanol–water partition coefficient (Wildman–Crippen LogP) is 0.960. The third kappa shape index (κ3) is 5.05. The van der Waals surface area contributed by atoms with Crippen LogP contribution in [0.5, 0.6) is 0 Å². The molecule has 32 heavy (non-hydrogen) atoms. The second-order valence-electron chi connectivity index (χ2n) is 8.20. The summed E-state index contributed by atoms with van der Waals surface area (Å²) >= 11 is 0. The molecule has 168 valence electrons. The Labute approximate surface area is 187 Å². The summed E-state index contributed by atoms with van der Waals surface area (Å²) < 4.78 is 0. The molecular formula is C23H29N7O2. The minimum absolute atomic E-state index is 0.177. The van der Waals surface area contributed by atoms with Gasteiger partial charge in [-0.15, -0.1) is 0 Å². The summed E-state index contributed by atoms with van der Waals surface area (Å²) in [6.07, 6.45) is 3.09. The minimum Gasteiger partial charge on any atom is -0.368 e. The maximum Gasteiger partial charge on any atom is 0.267 e. The van der Waals surface area contributed by atoms with E-state index in [9.17, 15) is 9.59 Å². The summed E-state index contributed by atoms with van der Waals surface area (Å²) in [4.78, 5) is 33.8. The molecule has 0 unspecified atom stereocenters. The van der Waals surface area contributed by atoms with Gasteiger partial charge in [-0.2, -0.15) is 5.10 Å². The van der Waals surface area contributed by atoms with Crippen LogP contribution < -0.4 is 21.0 Å². The number of rotatable bonds is 6. The first kappa shape index (κ1) is 21.8. The maximum absolute atomic E-state index is 12.7. The van der Waals surface area contributed by atoms with Crippen molar-refractivity contribution >= 4 is 29.0 Å². The van der Waals surface area contributed by atoms with Gasteiger partial charge in [-0.25, -0.2) is 4.98 Å². The molecule has 1 saturated heterocycles. The van der Waals surface area contributed by atoms with Crippen molar-refractivity contribution in [2.24, 2.45) is 10.8 Å². The van der Waals surface area contributed by atoms with Crippen LogP contribution in [0.3, 0.4) is 0 Å². The quantitative estimate of drug-likeness (QED) is 0.700. The SMILES string of the molecule is CN1CCCN(c2ccc(CNC(=O)C3=NN(c4ccccc4)[C@H](C(N)=O)C3)cn2)CC1. The molecule has 0 saturated carbocycles. The monoisotopic (exact) mass is 435 g/mol. The molecule has 3 N–H and O–H groups in total. The Bertz CT molecular complexity index is 978. The van der Waals surface area contributed by atoms with E-state index in [-0.39, 0.29) is 18.0 Å². The van der Waals surface area contributed by atoms with E-state index < -0.39 is 11.9 Å². The van der Waals surface area contributed by atoms with Gasteiger partial charge in [0.1, 0.15) is 17.6 Å². The van der Waals surface area contributed by atoms with Gasteiger partial charge >= 0.3 is 0 Å². The first-order valence-corrected chi connectivity index (χ1v) is 10.9. The number of pyridine rings is 1. The van der Waals surface area contributed by atoms with Crippen molar-refractivity contribution in [3.05, 3.63) is 54.2 Å². The zero-order valence-corrected chi connectivity index (χ0v) is 18.3. The summed E-state index contributed by atoms with van der Waals surface area (Å²) in [5.74, 6) is 0.132. The summed E-state index contributed by atoms with van der Waals surface area (Å²) in [7, 11) is 2.14. The largest absolute Gasteiger partial charge is 0.368 e. The Balaban J connectivity index is 1.36. The summed E-state index contributed by atoms with van der Waals surface area (Å²) in [5, 5.41) is 8.77. The van der Waals surface area contributed by atoms with Crippen molar-refractivity contribution in [2.45, 2.75) is 25.4 Å². The average Bonchev–Trinajstić information content (AvgIpc) is 3.16. The van der Waals surface area contributed by atoms with Gasteiger partial charge in [0.2, 0.25) is 5.91 Å². The van der Waals surface area contributed by atoms with Crippen molar-refractivity contribution in [3.63, 3.8) is 0 Å². The number of nitrogens with zero attached hydrogens (tertiary/aromatic N) is 5. The van der Waals surface area contributed by atoms with Gasteiger partial charge in [0, 0.05) is 38.8 Å². The number of carbonyl (C=O) groups is 2. The van der Waals surface area contributed by atoms with Crippen LogP contribution in [0.4, 0.5) is 11.5 Å². The van der Waals surface area contributed by atoms with Gasteiger partial charge in [-0.3, -0.25) is 14.6 Å². The highest BCUT2D eigenvalue weighted by molar-refractivity contribution is 6.40. The van der Waals surface area contributed by atoms with Gasteiger partial charge in [0.15, 0.2) is 0 Å². The smallest absolute Gasteiger partial charge is 0.267 e. The van der Waals surface area contributed by atoms with Crippen LogP contribution >= 0.6 is 0 Å². The molecule has 9 nitrogen and oxygen atoms in total. The van der Waals surface area contributed by atoms with Gasteiger partial charge < -0.3 is 20.9 Å². The molecule has 2 amide bonds. The molecule has 3 heterocycles. The van der Waals surface area contributed by atoms with Crippen molar-refractivity contribution in [3.8, 4) is 0 Å². The Hall–Kier alpha value is -3.46. The number of likely N-dealkylation sites (N-methyl/N-ethyl adjacent to an activating group) is 1. The van der Waals surface area contributed by atoms with Gasteiger partial charge in [0.05, 0.1) is 5.69 Å². The van der Waals surface area contributed by atoms with E-state index in [2.05, 4.69) is 32.2 Å². The van der Waals surface area contributed by atoms with Gasteiger partial charge in [-0.05, 0) is 43.8 Å². The van der Waals surface area contributed by atoms with Crippen molar-refractivity contribution in [1.29, 1.82) is 0 Å². The first-order valence-electron chi connectivity index (χ1n) is 10.9. The van der Waals surface area contributed by atoms with Crippen LogP contribution in [0, 0.1) is 0 Å². The highest BCUT2D eigenvalue weighted by atomic mass is 16.2. The van der Waals surface area contributed by atoms with Crippen molar-refractivity contribution < 1.29 is 9.59 Å². The summed E-state index contributed by atoms with van der Waals surface area (Å²) in [6, 6.07) is 12.5. The van der Waals surface area contributed by atoms with E-state index in [0.717, 1.165) is 49.7 Å². The third-order valence-corrected chi connectivity index (χ3v) is 5.83. The maximum atomic E-state index is 12.7. The van der Waals surface area contributed by atoms with E-state index in [0.29, 0.717) is 6.54 Å². The molecule has 0 radical (unpaired) electrons. The fraction of sp³-hybridized carbons (Fsp3) is 0.391. The molecule has 2 aliphatic heterocycles. The number of amides is 2. The Kier molecular flexibility index (Phi) is 6.65. The Morgan fingerprint density at radius 1 is 1.09 bits per heavy atom. The molecule has 4 rings (SSSR count). The molecule has 1 fully saturated rings. The third-order valence-electron chi connectivity index (χ3n) is 5.83. The van der Waals surface area contributed by atoms with Crippen LogP contribution in [-0.2, 0) is 16.1 Å². The number of para-hydroxylation sites is 1. The summed E-state index contributed by atoms with van der Waals surface area (Å²) in [5.41, 5.74) is 7.46. The lowest BCUT2D eigenvalue weighted by molar-refractivity contribution is -0.119. The fourth-order valence-corrected chi connectivity index (χ4v) is 3.96. The second kappa shape index (κ2) is 9.78. The molecular weight excluding hydrogens is 406 g/mol. The predicted molar refractivity (Wildman–Crippen MR) is 124 cm³/mol. The number of nitrogens with one attached hydrogen (secondary N) is 1. The molecule has 1 atom stereocenters. The van der Waals surface area contributed by atoms with E-state index in [1.807, 2.05) is 42.5 Å². The number of hydrazone groups is 1. The molecule has 0 aliphatic carbocycles. The average molecular weight is 436 g/mol. The molecule has 9 heteroatoms. The zero-order chi connectivity index (χ0) is 22.5. The zero-order valence-electron chi connectivity index (χ0n) is 18.3. The van der Waals surface area contributed by atoms with Crippen LogP contribution in [0.2, 0.25) is 0 Å². The lowest BCUT2D eigenvalue weighted by Gasteiger charge is -2.21. The number of hydrogen-bond acceptors (Lipinski definition) is 7. The van der Waals surface area contributed by atoms with Crippen LogP contribution in [0.1, 0.15) is 18.4 Å². The number of aromatic nitrogens is 1. The molecule has 2 aliphatic rings. The van der Waals surface area contributed by atoms with E-state index in [1.54, 1.807) is 6.20 Å². The van der Waals surface area contributed by atoms with Crippen molar-refractivity contribution in [1.82, 2.24) is 15.2 Å². The Morgan fingerprint density at radius 3 is 2.62 bits per heavy atom. The lowest BCUT2D eigenvalue weighted by Crippen LogP contribution is -2.39. The first-order chi connectivity index (χ1) is 15.5. The van der Waals surface area contributed by atoms with Gasteiger partial charge in [-0.1, -0.05) is 24.3 Å². The Morgan fingerprint density at radius 2 is 1.91 bits per heavy atom. The molecule has 1 aromatic carbocycles. The number of anilines is 2.